The van der Waals surface area contributed by atoms with E-state index >= 15 is 0 Å². The van der Waals surface area contributed by atoms with Crippen molar-refractivity contribution in [1.82, 2.24) is 14.9 Å². The third-order valence-corrected chi connectivity index (χ3v) is 6.28. The Balaban J connectivity index is 1.74. The number of nitrogens with one attached hydrogen (secondary N) is 1. The van der Waals surface area contributed by atoms with Crippen molar-refractivity contribution >= 4 is 55.8 Å². The van der Waals surface area contributed by atoms with E-state index in [-0.39, 0.29) is 0 Å². The number of anilines is 3. The fourth-order valence-electron chi connectivity index (χ4n) is 3.04. The molecule has 28 heavy (non-hydrogen) atoms. The largest absolute Gasteiger partial charge is 0.398 e. The molecule has 0 aliphatic rings. The maximum absolute atomic E-state index is 6.35. The van der Waals surface area contributed by atoms with Crippen LogP contribution >= 0.6 is 27.7 Å². The van der Waals surface area contributed by atoms with Crippen LogP contribution in [0.3, 0.4) is 0 Å². The Morgan fingerprint density at radius 3 is 2.71 bits per heavy atom. The number of hydrogen-bond acceptors (Lipinski definition) is 6. The van der Waals surface area contributed by atoms with Crippen molar-refractivity contribution in [3.63, 3.8) is 0 Å². The average Bonchev–Trinajstić information content (AvgIpc) is 2.69. The molecule has 3 rings (SSSR count). The van der Waals surface area contributed by atoms with Crippen LogP contribution in [-0.2, 0) is 0 Å². The Hall–Kier alpha value is -1.83. The molecule has 0 spiro atoms. The molecule has 3 N–H and O–H groups in total. The topological polar surface area (TPSA) is 67.1 Å². The Bertz CT molecular complexity index is 930. The van der Waals surface area contributed by atoms with Gasteiger partial charge in [0.15, 0.2) is 0 Å². The predicted octanol–water partition coefficient (Wildman–Crippen LogP) is 5.54. The molecule has 0 unspecified atom stereocenters. The third-order valence-electron chi connectivity index (χ3n) is 4.62. The average molecular weight is 460 g/mol. The van der Waals surface area contributed by atoms with Crippen LogP contribution in [0.5, 0.6) is 0 Å². The number of benzene rings is 2. The third kappa shape index (κ3) is 5.37. The second-order valence-corrected chi connectivity index (χ2v) is 8.55. The van der Waals surface area contributed by atoms with Gasteiger partial charge in [0, 0.05) is 26.1 Å². The fourth-order valence-corrected chi connectivity index (χ4v) is 4.35. The van der Waals surface area contributed by atoms with Crippen molar-refractivity contribution in [2.45, 2.75) is 25.2 Å². The molecule has 0 atom stereocenters. The van der Waals surface area contributed by atoms with Gasteiger partial charge in [-0.25, -0.2) is 9.97 Å². The molecule has 0 saturated heterocycles. The number of fused-ring (bicyclic) bond motifs is 1. The maximum atomic E-state index is 6.35. The minimum atomic E-state index is 0.757. The highest BCUT2D eigenvalue weighted by molar-refractivity contribution is 9.10. The van der Waals surface area contributed by atoms with E-state index in [2.05, 4.69) is 56.0 Å². The number of nitrogen functional groups attached to an aromatic ring is 1. The quantitative estimate of drug-likeness (QED) is 0.248. The molecule has 2 aromatic carbocycles. The van der Waals surface area contributed by atoms with Crippen LogP contribution in [0.15, 0.2) is 52.1 Å². The Kier molecular flexibility index (Phi) is 7.53. The second-order valence-electron chi connectivity index (χ2n) is 6.49. The summed E-state index contributed by atoms with van der Waals surface area (Å²) in [6, 6.07) is 12.0. The number of halogens is 1. The number of hydrogen-bond donors (Lipinski definition) is 2. The number of aromatic nitrogens is 2. The molecule has 0 amide bonds. The highest BCUT2D eigenvalue weighted by Gasteiger charge is 2.10. The SMILES string of the molecule is CCN(CC)CCCSc1cc2ncnc(Nc3cccc(Br)c3)c2cc1N. The van der Waals surface area contributed by atoms with Crippen LogP contribution in [-0.4, -0.2) is 40.3 Å². The van der Waals surface area contributed by atoms with Crippen molar-refractivity contribution in [3.05, 3.63) is 47.2 Å². The molecule has 148 valence electrons. The van der Waals surface area contributed by atoms with Gasteiger partial charge in [0.05, 0.1) is 5.52 Å². The van der Waals surface area contributed by atoms with Crippen LogP contribution < -0.4 is 11.1 Å². The molecule has 0 radical (unpaired) electrons. The van der Waals surface area contributed by atoms with E-state index in [0.29, 0.717) is 0 Å². The van der Waals surface area contributed by atoms with Crippen LogP contribution in [0.4, 0.5) is 17.2 Å². The van der Waals surface area contributed by atoms with Crippen molar-refractivity contribution in [2.75, 3.05) is 36.4 Å². The first-order valence-corrected chi connectivity index (χ1v) is 11.3. The smallest absolute Gasteiger partial charge is 0.141 e. The molecule has 1 aromatic heterocycles. The zero-order valence-electron chi connectivity index (χ0n) is 16.3. The number of rotatable bonds is 9. The van der Waals surface area contributed by atoms with Crippen molar-refractivity contribution in [2.24, 2.45) is 0 Å². The molecule has 0 aliphatic heterocycles. The molecule has 7 heteroatoms. The van der Waals surface area contributed by atoms with Crippen molar-refractivity contribution in [3.8, 4) is 0 Å². The van der Waals surface area contributed by atoms with Crippen LogP contribution in [0.25, 0.3) is 10.9 Å². The molecule has 5 nitrogen and oxygen atoms in total. The fraction of sp³-hybridized carbons (Fsp3) is 0.333. The molecule has 0 fully saturated rings. The van der Waals surface area contributed by atoms with E-state index in [0.717, 1.165) is 69.3 Å². The normalized spacial score (nSPS) is 11.3. The first-order chi connectivity index (χ1) is 13.6. The van der Waals surface area contributed by atoms with Gasteiger partial charge in [0.2, 0.25) is 0 Å². The van der Waals surface area contributed by atoms with Crippen LogP contribution in [0.2, 0.25) is 0 Å². The summed E-state index contributed by atoms with van der Waals surface area (Å²) in [5.74, 6) is 1.80. The lowest BCUT2D eigenvalue weighted by atomic mass is 10.2. The molecule has 0 aliphatic carbocycles. The van der Waals surface area contributed by atoms with E-state index in [1.807, 2.05) is 30.3 Å². The van der Waals surface area contributed by atoms with Gasteiger partial charge >= 0.3 is 0 Å². The maximum Gasteiger partial charge on any atom is 0.141 e. The van der Waals surface area contributed by atoms with Gasteiger partial charge < -0.3 is 16.0 Å². The highest BCUT2D eigenvalue weighted by Crippen LogP contribution is 2.33. The number of nitrogens with two attached hydrogens (primary N) is 1. The minimum Gasteiger partial charge on any atom is -0.398 e. The van der Waals surface area contributed by atoms with Gasteiger partial charge in [-0.05, 0) is 62.1 Å². The van der Waals surface area contributed by atoms with E-state index in [4.69, 9.17) is 5.73 Å². The summed E-state index contributed by atoms with van der Waals surface area (Å²) >= 11 is 5.29. The van der Waals surface area contributed by atoms with Crippen molar-refractivity contribution in [1.29, 1.82) is 0 Å². The molecular weight excluding hydrogens is 434 g/mol. The lowest BCUT2D eigenvalue weighted by Crippen LogP contribution is -2.24. The lowest BCUT2D eigenvalue weighted by molar-refractivity contribution is 0.305. The summed E-state index contributed by atoms with van der Waals surface area (Å²) < 4.78 is 1.01. The van der Waals surface area contributed by atoms with Gasteiger partial charge in [-0.1, -0.05) is 35.8 Å². The summed E-state index contributed by atoms with van der Waals surface area (Å²) in [5.41, 5.74) is 8.97. The Morgan fingerprint density at radius 2 is 1.96 bits per heavy atom. The monoisotopic (exact) mass is 459 g/mol. The van der Waals surface area contributed by atoms with Gasteiger partial charge in [-0.2, -0.15) is 0 Å². The molecule has 3 aromatic rings. The zero-order valence-corrected chi connectivity index (χ0v) is 18.7. The number of nitrogens with zero attached hydrogens (tertiary/aromatic N) is 3. The standard InChI is InChI=1S/C21H26BrN5S/c1-3-27(4-2)9-6-10-28-20-13-19-17(12-18(20)23)21(25-14-24-19)26-16-8-5-7-15(22)11-16/h5,7-8,11-14H,3-4,6,9-10,23H2,1-2H3,(H,24,25,26). The first-order valence-electron chi connectivity index (χ1n) is 9.52. The molecule has 1 heterocycles. The molecule has 0 bridgehead atoms. The summed E-state index contributed by atoms with van der Waals surface area (Å²) in [7, 11) is 0. The Labute approximate surface area is 179 Å². The van der Waals surface area contributed by atoms with E-state index in [1.54, 1.807) is 18.1 Å². The van der Waals surface area contributed by atoms with E-state index < -0.39 is 0 Å². The van der Waals surface area contributed by atoms with Crippen molar-refractivity contribution < 1.29 is 0 Å². The summed E-state index contributed by atoms with van der Waals surface area (Å²) in [6.07, 6.45) is 2.73. The van der Waals surface area contributed by atoms with Gasteiger partial charge in [0.25, 0.3) is 0 Å². The van der Waals surface area contributed by atoms with E-state index in [9.17, 15) is 0 Å². The summed E-state index contributed by atoms with van der Waals surface area (Å²) in [4.78, 5) is 12.4. The minimum absolute atomic E-state index is 0.757. The second kappa shape index (κ2) is 10.1. The van der Waals surface area contributed by atoms with Gasteiger partial charge in [0.1, 0.15) is 12.1 Å². The highest BCUT2D eigenvalue weighted by atomic mass is 79.9. The van der Waals surface area contributed by atoms with Crippen LogP contribution in [0.1, 0.15) is 20.3 Å². The molecular formula is C21H26BrN5S. The number of thioether (sulfide) groups is 1. The predicted molar refractivity (Wildman–Crippen MR) is 125 cm³/mol. The summed E-state index contributed by atoms with van der Waals surface area (Å²) in [5, 5.41) is 4.29. The van der Waals surface area contributed by atoms with E-state index in [1.165, 1.54) is 0 Å². The first kappa shape index (κ1) is 20.9. The summed E-state index contributed by atoms with van der Waals surface area (Å²) in [6.45, 7) is 7.74. The molecule has 0 saturated carbocycles. The Morgan fingerprint density at radius 1 is 1.14 bits per heavy atom. The van der Waals surface area contributed by atoms with Gasteiger partial charge in [-0.15, -0.1) is 11.8 Å². The lowest BCUT2D eigenvalue weighted by Gasteiger charge is -2.17. The van der Waals surface area contributed by atoms with Gasteiger partial charge in [-0.3, -0.25) is 0 Å². The zero-order chi connectivity index (χ0) is 19.9. The van der Waals surface area contributed by atoms with Crippen LogP contribution in [0, 0.1) is 0 Å².